The van der Waals surface area contributed by atoms with Gasteiger partial charge in [0.05, 0.1) is 11.0 Å². The van der Waals surface area contributed by atoms with Crippen LogP contribution in [0.4, 0.5) is 9.18 Å². The van der Waals surface area contributed by atoms with Crippen molar-refractivity contribution in [2.24, 2.45) is 5.73 Å². The van der Waals surface area contributed by atoms with Gasteiger partial charge in [0.2, 0.25) is 0 Å². The number of primary amides is 1. The third-order valence-electron chi connectivity index (χ3n) is 5.23. The summed E-state index contributed by atoms with van der Waals surface area (Å²) in [5.41, 5.74) is 6.59. The van der Waals surface area contributed by atoms with Crippen LogP contribution in [0.15, 0.2) is 70.0 Å². The van der Waals surface area contributed by atoms with E-state index in [0.717, 1.165) is 6.26 Å². The fraction of sp³-hybridized carbons (Fsp3) is 0.154. The molecule has 0 aliphatic carbocycles. The molecule has 1 amide bonds. The van der Waals surface area contributed by atoms with Gasteiger partial charge in [0, 0.05) is 22.8 Å². The quantitative estimate of drug-likeness (QED) is 0.274. The van der Waals surface area contributed by atoms with Crippen LogP contribution in [-0.2, 0) is 14.6 Å². The molecule has 4 aromatic rings. The van der Waals surface area contributed by atoms with Crippen molar-refractivity contribution in [3.05, 3.63) is 72.0 Å². The lowest BCUT2D eigenvalue weighted by Crippen LogP contribution is -2.18. The van der Waals surface area contributed by atoms with Gasteiger partial charge >= 0.3 is 12.1 Å². The third-order valence-corrected chi connectivity index (χ3v) is 6.34. The van der Waals surface area contributed by atoms with Gasteiger partial charge in [-0.25, -0.2) is 22.4 Å². The molecule has 1 heterocycles. The average molecular weight is 512 g/mol. The van der Waals surface area contributed by atoms with Gasteiger partial charge in [0.15, 0.2) is 9.84 Å². The highest BCUT2D eigenvalue weighted by atomic mass is 32.2. The van der Waals surface area contributed by atoms with Gasteiger partial charge in [-0.2, -0.15) is 0 Å². The highest BCUT2D eigenvalue weighted by molar-refractivity contribution is 7.90. The second-order valence-corrected chi connectivity index (χ2v) is 10.3. The molecule has 0 aliphatic rings. The molecule has 0 bridgehead atoms. The Kier molecular flexibility index (Phi) is 6.55. The number of esters is 1. The minimum atomic E-state index is -3.48. The van der Waals surface area contributed by atoms with Crippen molar-refractivity contribution in [1.29, 1.82) is 0 Å². The predicted molar refractivity (Wildman–Crippen MR) is 131 cm³/mol. The second kappa shape index (κ2) is 9.46. The number of fused-ring (bicyclic) bond motifs is 1. The van der Waals surface area contributed by atoms with E-state index in [2.05, 4.69) is 4.74 Å². The number of carbonyl (C=O) groups excluding carboxylic acids is 2. The summed E-state index contributed by atoms with van der Waals surface area (Å²) < 4.78 is 54.4. The summed E-state index contributed by atoms with van der Waals surface area (Å²) in [6, 6.07) is 14.7. The number of furan rings is 1. The van der Waals surface area contributed by atoms with Crippen molar-refractivity contribution in [3.63, 3.8) is 0 Å². The zero-order chi connectivity index (χ0) is 26.2. The third kappa shape index (κ3) is 5.08. The van der Waals surface area contributed by atoms with Crippen molar-refractivity contribution < 1.29 is 36.3 Å². The van der Waals surface area contributed by atoms with Gasteiger partial charge in [-0.05, 0) is 67.9 Å². The second-order valence-electron chi connectivity index (χ2n) is 8.33. The molecule has 4 rings (SSSR count). The molecular formula is C26H22FNO7S. The number of ether oxygens (including phenoxy) is 2. The Morgan fingerprint density at radius 2 is 1.69 bits per heavy atom. The topological polar surface area (TPSA) is 126 Å². The molecule has 2 N–H and O–H groups in total. The molecule has 36 heavy (non-hydrogen) atoms. The molecule has 3 aromatic carbocycles. The molecule has 0 unspecified atom stereocenters. The first-order chi connectivity index (χ1) is 16.9. The van der Waals surface area contributed by atoms with Crippen LogP contribution in [0.2, 0.25) is 0 Å². The van der Waals surface area contributed by atoms with Crippen molar-refractivity contribution in [2.75, 3.05) is 6.26 Å². The summed E-state index contributed by atoms with van der Waals surface area (Å²) in [5.74, 6) is -1.17. The van der Waals surface area contributed by atoms with E-state index in [1.807, 2.05) is 13.8 Å². The summed E-state index contributed by atoms with van der Waals surface area (Å²) in [5, 5.41) is 0.263. The van der Waals surface area contributed by atoms with E-state index in [1.54, 1.807) is 24.3 Å². The normalized spacial score (nSPS) is 11.6. The van der Waals surface area contributed by atoms with E-state index in [0.29, 0.717) is 22.4 Å². The highest BCUT2D eigenvalue weighted by Gasteiger charge is 2.27. The smallest absolute Gasteiger partial charge is 0.412 e. The van der Waals surface area contributed by atoms with Crippen molar-refractivity contribution in [3.8, 4) is 28.2 Å². The van der Waals surface area contributed by atoms with E-state index in [-0.39, 0.29) is 33.3 Å². The molecule has 0 radical (unpaired) electrons. The van der Waals surface area contributed by atoms with E-state index in [4.69, 9.17) is 14.9 Å². The number of carbonyl (C=O) groups is 2. The molecule has 0 aliphatic heterocycles. The molecule has 8 nitrogen and oxygen atoms in total. The van der Waals surface area contributed by atoms with E-state index in [9.17, 15) is 22.4 Å². The highest BCUT2D eigenvalue weighted by Crippen LogP contribution is 2.41. The summed E-state index contributed by atoms with van der Waals surface area (Å²) in [7, 11) is -3.48. The molecule has 186 valence electrons. The Hall–Kier alpha value is -4.18. The monoisotopic (exact) mass is 511 g/mol. The Morgan fingerprint density at radius 1 is 1.00 bits per heavy atom. The Balaban J connectivity index is 2.02. The Morgan fingerprint density at radius 3 is 2.31 bits per heavy atom. The number of benzene rings is 3. The van der Waals surface area contributed by atoms with Crippen LogP contribution in [-0.4, -0.2) is 32.8 Å². The molecule has 10 heteroatoms. The first-order valence-corrected chi connectivity index (χ1v) is 12.7. The minimum absolute atomic E-state index is 0.0359. The van der Waals surface area contributed by atoms with Crippen molar-refractivity contribution in [2.45, 2.75) is 24.8 Å². The van der Waals surface area contributed by atoms with Gasteiger partial charge in [0.25, 0.3) is 0 Å². The lowest BCUT2D eigenvalue weighted by Gasteiger charge is -2.15. The van der Waals surface area contributed by atoms with Crippen LogP contribution < -0.4 is 10.5 Å². The number of hydrogen-bond acceptors (Lipinski definition) is 7. The average Bonchev–Trinajstić information content (AvgIpc) is 3.16. The van der Waals surface area contributed by atoms with Crippen LogP contribution >= 0.6 is 0 Å². The number of rotatable bonds is 6. The van der Waals surface area contributed by atoms with Gasteiger partial charge in [-0.3, -0.25) is 0 Å². The van der Waals surface area contributed by atoms with Gasteiger partial charge in [0.1, 0.15) is 28.5 Å². The van der Waals surface area contributed by atoms with Crippen molar-refractivity contribution in [1.82, 2.24) is 0 Å². The minimum Gasteiger partial charge on any atom is -0.490 e. The lowest BCUT2D eigenvalue weighted by molar-refractivity contribution is 0.0640. The fourth-order valence-corrected chi connectivity index (χ4v) is 4.41. The van der Waals surface area contributed by atoms with E-state index in [1.165, 1.54) is 36.4 Å². The number of halogens is 1. The summed E-state index contributed by atoms with van der Waals surface area (Å²) >= 11 is 0. The molecule has 1 aromatic heterocycles. The largest absolute Gasteiger partial charge is 0.490 e. The molecule has 0 fully saturated rings. The zero-order valence-corrected chi connectivity index (χ0v) is 20.4. The fourth-order valence-electron chi connectivity index (χ4n) is 3.74. The number of amides is 1. The number of hydrogen-bond donors (Lipinski definition) is 1. The SMILES string of the molecule is CC(C)Oc1cc2c(C(=O)OC(N)=O)c(-c3ccc(F)cc3)oc2cc1-c1cccc(S(C)(=O)=O)c1. The summed E-state index contributed by atoms with van der Waals surface area (Å²) in [6.07, 6.45) is -0.463. The van der Waals surface area contributed by atoms with Crippen LogP contribution in [0.5, 0.6) is 5.75 Å². The molecule has 0 saturated heterocycles. The van der Waals surface area contributed by atoms with Crippen LogP contribution in [0.25, 0.3) is 33.4 Å². The van der Waals surface area contributed by atoms with Crippen molar-refractivity contribution >= 4 is 32.9 Å². The summed E-state index contributed by atoms with van der Waals surface area (Å²) in [4.78, 5) is 24.3. The first-order valence-electron chi connectivity index (χ1n) is 10.8. The number of nitrogens with two attached hydrogens (primary N) is 1. The summed E-state index contributed by atoms with van der Waals surface area (Å²) in [6.45, 7) is 3.62. The van der Waals surface area contributed by atoms with Gasteiger partial charge in [-0.1, -0.05) is 12.1 Å². The molecule has 0 atom stereocenters. The number of sulfone groups is 1. The van der Waals surface area contributed by atoms with Crippen LogP contribution in [0.1, 0.15) is 24.2 Å². The maximum atomic E-state index is 13.5. The maximum absolute atomic E-state index is 13.5. The first kappa shape index (κ1) is 24.9. The molecule has 0 spiro atoms. The van der Waals surface area contributed by atoms with E-state index >= 15 is 0 Å². The zero-order valence-electron chi connectivity index (χ0n) is 19.6. The van der Waals surface area contributed by atoms with Gasteiger partial charge in [-0.15, -0.1) is 0 Å². The molecule has 0 saturated carbocycles. The molecular weight excluding hydrogens is 489 g/mol. The maximum Gasteiger partial charge on any atom is 0.412 e. The van der Waals surface area contributed by atoms with Gasteiger partial charge < -0.3 is 19.6 Å². The Labute approximate surface area is 206 Å². The Bertz CT molecular complexity index is 1590. The van der Waals surface area contributed by atoms with E-state index < -0.39 is 27.7 Å². The predicted octanol–water partition coefficient (Wildman–Crippen LogP) is 5.33. The lowest BCUT2D eigenvalue weighted by atomic mass is 10.0. The standard InChI is InChI=1S/C26H22FNO7S/c1-14(2)33-21-13-20-22(12-19(21)16-5-4-6-18(11-16)36(3,31)32)34-24(15-7-9-17(27)10-8-15)23(20)25(29)35-26(28)30/h4-14H,1-3H3,(H2,28,30). The van der Waals surface area contributed by atoms with Crippen LogP contribution in [0, 0.1) is 5.82 Å². The van der Waals surface area contributed by atoms with Crippen LogP contribution in [0.3, 0.4) is 0 Å².